The van der Waals surface area contributed by atoms with Crippen molar-refractivity contribution in [2.24, 2.45) is 0 Å². The van der Waals surface area contributed by atoms with Crippen LogP contribution in [-0.4, -0.2) is 9.97 Å². The molecule has 7 aromatic rings. The van der Waals surface area contributed by atoms with Gasteiger partial charge in [0.05, 0.1) is 0 Å². The fourth-order valence-electron chi connectivity index (χ4n) is 6.46. The third-order valence-corrected chi connectivity index (χ3v) is 9.06. The molecule has 0 amide bonds. The predicted molar refractivity (Wildman–Crippen MR) is 211 cm³/mol. The van der Waals surface area contributed by atoms with Gasteiger partial charge in [-0.15, -0.1) is 65.2 Å². The zero-order valence-electron chi connectivity index (χ0n) is 39.5. The molecule has 259 valence electrons. The largest absolute Gasteiger partial charge is 0.305 e. The van der Waals surface area contributed by atoms with Gasteiger partial charge in [0, 0.05) is 47.6 Å². The van der Waals surface area contributed by atoms with Gasteiger partial charge in [0.15, 0.2) is 0 Å². The SMILES string of the molecule is [2H]C1([2H])C([2H])([2H])C([2H])([2H])C([2H])(c2ccc(-c3ccnc(-c4[c-]cc(-c5ccccc5-c5cc(C)cc(CCc6c[c-]c(-c7ccccn7)cc6)c5)cc4)c3)cc2)C([2H])([2H])C1([2H])[2H].[Ir]. The van der Waals surface area contributed by atoms with Gasteiger partial charge in [-0.3, -0.25) is 0 Å². The Morgan fingerprint density at radius 3 is 2.02 bits per heavy atom. The van der Waals surface area contributed by atoms with Crippen molar-refractivity contribution in [2.45, 2.75) is 57.5 Å². The Bertz CT molecular complexity index is 2710. The van der Waals surface area contributed by atoms with Gasteiger partial charge in [-0.05, 0) is 88.9 Å². The van der Waals surface area contributed by atoms with Crippen LogP contribution in [-0.2, 0) is 32.9 Å². The van der Waals surface area contributed by atoms with Crippen molar-refractivity contribution in [3.8, 4) is 55.9 Å². The molecule has 1 fully saturated rings. The Balaban J connectivity index is 0.00000595. The van der Waals surface area contributed by atoms with Gasteiger partial charge in [0.1, 0.15) is 0 Å². The number of hydrogen-bond acceptors (Lipinski definition) is 2. The summed E-state index contributed by atoms with van der Waals surface area (Å²) in [6.45, 7) is 2.12. The third-order valence-electron chi connectivity index (χ3n) is 9.06. The molecule has 0 N–H and O–H groups in total. The average Bonchev–Trinajstić information content (AvgIpc) is 3.28. The van der Waals surface area contributed by atoms with Gasteiger partial charge in [-0.1, -0.05) is 127 Å². The summed E-state index contributed by atoms with van der Waals surface area (Å²) in [6.07, 6.45) is -12.4. The number of rotatable bonds is 9. The second-order valence-corrected chi connectivity index (χ2v) is 12.6. The molecule has 3 heteroatoms. The molecule has 2 heterocycles. The van der Waals surface area contributed by atoms with Crippen molar-refractivity contribution in [3.05, 3.63) is 180 Å². The van der Waals surface area contributed by atoms with Crippen molar-refractivity contribution in [2.75, 3.05) is 0 Å². The first-order chi connectivity index (χ1) is 29.3. The molecule has 0 aliphatic heterocycles. The summed E-state index contributed by atoms with van der Waals surface area (Å²) in [6, 6.07) is 49.1. The van der Waals surface area contributed by atoms with E-state index in [1.807, 2.05) is 54.6 Å². The minimum Gasteiger partial charge on any atom is -0.305 e. The monoisotopic (exact) mass is 862 g/mol. The average molecular weight is 862 g/mol. The molecule has 1 radical (unpaired) electrons. The fourth-order valence-corrected chi connectivity index (χ4v) is 6.46. The smallest absolute Gasteiger partial charge is 0.0352 e. The topological polar surface area (TPSA) is 25.8 Å². The summed E-state index contributed by atoms with van der Waals surface area (Å²) >= 11 is 0. The van der Waals surface area contributed by atoms with E-state index < -0.39 is 37.8 Å². The van der Waals surface area contributed by atoms with E-state index in [0.29, 0.717) is 16.8 Å². The van der Waals surface area contributed by atoms with Crippen LogP contribution in [0.3, 0.4) is 0 Å². The standard InChI is InChI=1S/C49H42N2.Ir/c1-35-31-37(15-14-36-16-18-42(19-17-36)48-13-7-8-29-50-48)33-45(32-35)47-12-6-5-11-46(47)41-24-26-43(27-25-41)49-34-44(28-30-51-49)40-22-20-39(21-23-40)38-9-3-2-4-10-38;/h5-8,11-13,16-18,20-26,28-34,38H,2-4,9-10,14-15H2,1H3;/q-2;/i2D2,3D2,4D2,9D2,10D2,38D;. The van der Waals surface area contributed by atoms with Crippen LogP contribution in [0.5, 0.6) is 0 Å². The van der Waals surface area contributed by atoms with Gasteiger partial charge in [-0.25, -0.2) is 0 Å². The van der Waals surface area contributed by atoms with E-state index in [2.05, 4.69) is 77.6 Å². The maximum atomic E-state index is 9.10. The molecule has 0 bridgehead atoms. The van der Waals surface area contributed by atoms with Gasteiger partial charge in [0.2, 0.25) is 0 Å². The van der Waals surface area contributed by atoms with E-state index in [4.69, 9.17) is 15.1 Å². The maximum absolute atomic E-state index is 9.10. The molecule has 5 aromatic carbocycles. The Hall–Kier alpha value is -4.95. The zero-order chi connectivity index (χ0) is 44.3. The van der Waals surface area contributed by atoms with Crippen LogP contribution >= 0.6 is 0 Å². The molecular weight excluding hydrogens is 809 g/mol. The second kappa shape index (κ2) is 16.6. The van der Waals surface area contributed by atoms with Crippen molar-refractivity contribution >= 4 is 0 Å². The second-order valence-electron chi connectivity index (χ2n) is 12.6. The van der Waals surface area contributed by atoms with E-state index in [0.717, 1.165) is 51.9 Å². The Morgan fingerprint density at radius 2 is 1.29 bits per heavy atom. The Kier molecular flexibility index (Phi) is 7.76. The summed E-state index contributed by atoms with van der Waals surface area (Å²) in [7, 11) is 0. The normalized spacial score (nSPS) is 21.6. The van der Waals surface area contributed by atoms with Crippen LogP contribution < -0.4 is 0 Å². The van der Waals surface area contributed by atoms with Crippen molar-refractivity contribution in [3.63, 3.8) is 0 Å². The van der Waals surface area contributed by atoms with E-state index in [-0.39, 0.29) is 25.7 Å². The third kappa shape index (κ3) is 8.23. The maximum Gasteiger partial charge on any atom is 0.0352 e. The number of pyridine rings is 2. The minimum absolute atomic E-state index is 0. The summed E-state index contributed by atoms with van der Waals surface area (Å²) in [5, 5.41) is 0. The number of hydrogen-bond donors (Lipinski definition) is 0. The van der Waals surface area contributed by atoms with Crippen molar-refractivity contribution < 1.29 is 35.2 Å². The predicted octanol–water partition coefficient (Wildman–Crippen LogP) is 12.6. The molecule has 1 aliphatic rings. The summed E-state index contributed by atoms with van der Waals surface area (Å²) in [5.41, 5.74) is 12.1. The van der Waals surface area contributed by atoms with Gasteiger partial charge < -0.3 is 9.97 Å². The van der Waals surface area contributed by atoms with E-state index in [9.17, 15) is 0 Å². The molecule has 2 aromatic heterocycles. The van der Waals surface area contributed by atoms with Gasteiger partial charge in [0.25, 0.3) is 0 Å². The van der Waals surface area contributed by atoms with Crippen molar-refractivity contribution in [1.29, 1.82) is 0 Å². The number of nitrogens with zero attached hydrogens (tertiary/aromatic N) is 2. The summed E-state index contributed by atoms with van der Waals surface area (Å²) in [4.78, 5) is 9.01. The molecule has 0 spiro atoms. The van der Waals surface area contributed by atoms with E-state index >= 15 is 0 Å². The molecular formula is C49H42IrN2-2. The van der Waals surface area contributed by atoms with Crippen LogP contribution in [0.25, 0.3) is 55.9 Å². The number of benzene rings is 5. The zero-order valence-corrected chi connectivity index (χ0v) is 30.9. The van der Waals surface area contributed by atoms with Crippen LogP contribution in [0.2, 0.25) is 0 Å². The van der Waals surface area contributed by atoms with Crippen LogP contribution in [0.1, 0.15) is 75.1 Å². The molecule has 1 saturated carbocycles. The first-order valence-electron chi connectivity index (χ1n) is 22.5. The Labute approximate surface area is 337 Å². The van der Waals surface area contributed by atoms with Crippen LogP contribution in [0.4, 0.5) is 0 Å². The Morgan fingerprint density at radius 1 is 0.596 bits per heavy atom. The molecule has 0 saturated heterocycles. The molecule has 0 unspecified atom stereocenters. The van der Waals surface area contributed by atoms with E-state index in [1.165, 1.54) is 41.0 Å². The van der Waals surface area contributed by atoms with Crippen molar-refractivity contribution in [1.82, 2.24) is 9.97 Å². The quantitative estimate of drug-likeness (QED) is 0.135. The first kappa shape index (κ1) is 24.3. The molecule has 1 aliphatic carbocycles. The molecule has 52 heavy (non-hydrogen) atoms. The van der Waals surface area contributed by atoms with E-state index in [1.54, 1.807) is 18.5 Å². The molecule has 8 rings (SSSR count). The molecule has 2 nitrogen and oxygen atoms in total. The number of aromatic nitrogens is 2. The summed E-state index contributed by atoms with van der Waals surface area (Å²) in [5.74, 6) is -3.15. The molecule has 0 atom stereocenters. The fraction of sp³-hybridized carbons (Fsp3) is 0.184. The van der Waals surface area contributed by atoms with Gasteiger partial charge >= 0.3 is 0 Å². The van der Waals surface area contributed by atoms with Gasteiger partial charge in [-0.2, -0.15) is 0 Å². The minimum atomic E-state index is -3.58. The summed E-state index contributed by atoms with van der Waals surface area (Å²) < 4.78 is 93.1. The van der Waals surface area contributed by atoms with Crippen LogP contribution in [0.15, 0.2) is 146 Å². The first-order valence-corrected chi connectivity index (χ1v) is 17.0. The number of aryl methyl sites for hydroxylation is 3. The van der Waals surface area contributed by atoms with Crippen LogP contribution in [0, 0.1) is 19.1 Å².